The summed E-state index contributed by atoms with van der Waals surface area (Å²) >= 11 is 0. The molecule has 2 heterocycles. The SMILES string of the molecule is c1ccc(-c2ccc3onc(Cn4cncn4)c3c2)cc1. The van der Waals surface area contributed by atoms with Gasteiger partial charge in [-0.25, -0.2) is 9.67 Å². The lowest BCUT2D eigenvalue weighted by atomic mass is 10.0. The zero-order valence-corrected chi connectivity index (χ0v) is 11.2. The Kier molecular flexibility index (Phi) is 2.74. The fraction of sp³-hybridized carbons (Fsp3) is 0.0625. The molecule has 2 aromatic carbocycles. The van der Waals surface area contributed by atoms with Gasteiger partial charge in [-0.05, 0) is 23.3 Å². The number of aromatic nitrogens is 4. The summed E-state index contributed by atoms with van der Waals surface area (Å²) < 4.78 is 7.11. The Bertz CT molecular complexity index is 866. The van der Waals surface area contributed by atoms with Crippen molar-refractivity contribution in [3.8, 4) is 11.1 Å². The van der Waals surface area contributed by atoms with E-state index in [1.165, 1.54) is 11.9 Å². The van der Waals surface area contributed by atoms with E-state index in [0.717, 1.165) is 22.2 Å². The molecule has 0 aliphatic rings. The third-order valence-electron chi connectivity index (χ3n) is 3.43. The Morgan fingerprint density at radius 1 is 1.00 bits per heavy atom. The summed E-state index contributed by atoms with van der Waals surface area (Å²) in [5.41, 5.74) is 3.96. The predicted molar refractivity (Wildman–Crippen MR) is 78.6 cm³/mol. The molecule has 102 valence electrons. The van der Waals surface area contributed by atoms with Gasteiger partial charge in [-0.2, -0.15) is 5.10 Å². The van der Waals surface area contributed by atoms with E-state index in [-0.39, 0.29) is 0 Å². The molecule has 0 amide bonds. The monoisotopic (exact) mass is 276 g/mol. The van der Waals surface area contributed by atoms with Crippen LogP contribution in [0.4, 0.5) is 0 Å². The number of rotatable bonds is 3. The lowest BCUT2D eigenvalue weighted by Crippen LogP contribution is -2.00. The van der Waals surface area contributed by atoms with Crippen molar-refractivity contribution in [2.75, 3.05) is 0 Å². The molecule has 0 fully saturated rings. The molecule has 0 saturated carbocycles. The zero-order valence-electron chi connectivity index (χ0n) is 11.2. The molecule has 0 atom stereocenters. The molecule has 21 heavy (non-hydrogen) atoms. The second-order valence-electron chi connectivity index (χ2n) is 4.80. The summed E-state index contributed by atoms with van der Waals surface area (Å²) in [6.45, 7) is 0.547. The molecular weight excluding hydrogens is 264 g/mol. The Hall–Kier alpha value is -2.95. The van der Waals surface area contributed by atoms with E-state index in [9.17, 15) is 0 Å². The van der Waals surface area contributed by atoms with Gasteiger partial charge >= 0.3 is 0 Å². The third-order valence-corrected chi connectivity index (χ3v) is 3.43. The summed E-state index contributed by atoms with van der Waals surface area (Å²) in [6, 6.07) is 16.4. The van der Waals surface area contributed by atoms with Crippen molar-refractivity contribution >= 4 is 11.0 Å². The van der Waals surface area contributed by atoms with E-state index in [2.05, 4.69) is 33.4 Å². The second kappa shape index (κ2) is 4.86. The topological polar surface area (TPSA) is 56.7 Å². The number of benzene rings is 2. The van der Waals surface area contributed by atoms with Gasteiger partial charge in [0.15, 0.2) is 5.58 Å². The minimum absolute atomic E-state index is 0.547. The van der Waals surface area contributed by atoms with Crippen LogP contribution in [0, 0.1) is 0 Å². The molecule has 0 aliphatic heterocycles. The lowest BCUT2D eigenvalue weighted by Gasteiger charge is -2.01. The highest BCUT2D eigenvalue weighted by Gasteiger charge is 2.10. The lowest BCUT2D eigenvalue weighted by molar-refractivity contribution is 0.440. The first-order valence-corrected chi connectivity index (χ1v) is 6.66. The fourth-order valence-corrected chi connectivity index (χ4v) is 2.38. The quantitative estimate of drug-likeness (QED) is 0.577. The maximum absolute atomic E-state index is 5.38. The summed E-state index contributed by atoms with van der Waals surface area (Å²) in [5.74, 6) is 0. The van der Waals surface area contributed by atoms with Crippen LogP contribution in [0.15, 0.2) is 65.7 Å². The minimum atomic E-state index is 0.547. The van der Waals surface area contributed by atoms with Gasteiger partial charge in [-0.15, -0.1) is 0 Å². The number of hydrogen-bond acceptors (Lipinski definition) is 4. The van der Waals surface area contributed by atoms with Crippen LogP contribution in [0.3, 0.4) is 0 Å². The molecule has 0 unspecified atom stereocenters. The van der Waals surface area contributed by atoms with E-state index in [4.69, 9.17) is 4.52 Å². The van der Waals surface area contributed by atoms with E-state index < -0.39 is 0 Å². The highest BCUT2D eigenvalue weighted by atomic mass is 16.5. The van der Waals surface area contributed by atoms with Crippen molar-refractivity contribution in [2.45, 2.75) is 6.54 Å². The van der Waals surface area contributed by atoms with Gasteiger partial charge in [0.1, 0.15) is 18.3 Å². The first kappa shape index (κ1) is 11.8. The summed E-state index contributed by atoms with van der Waals surface area (Å²) in [5, 5.41) is 9.25. The van der Waals surface area contributed by atoms with Gasteiger partial charge in [0.25, 0.3) is 0 Å². The van der Waals surface area contributed by atoms with Crippen LogP contribution in [-0.4, -0.2) is 19.9 Å². The molecule has 0 saturated heterocycles. The Morgan fingerprint density at radius 2 is 1.90 bits per heavy atom. The third kappa shape index (κ3) is 2.18. The smallest absolute Gasteiger partial charge is 0.167 e. The largest absolute Gasteiger partial charge is 0.356 e. The average molecular weight is 276 g/mol. The second-order valence-corrected chi connectivity index (χ2v) is 4.80. The van der Waals surface area contributed by atoms with Crippen LogP contribution in [-0.2, 0) is 6.54 Å². The van der Waals surface area contributed by atoms with Gasteiger partial charge in [-0.3, -0.25) is 0 Å². The summed E-state index contributed by atoms with van der Waals surface area (Å²) in [4.78, 5) is 3.94. The van der Waals surface area contributed by atoms with E-state index in [1.54, 1.807) is 11.0 Å². The van der Waals surface area contributed by atoms with Crippen LogP contribution < -0.4 is 0 Å². The van der Waals surface area contributed by atoms with E-state index in [0.29, 0.717) is 6.54 Å². The number of hydrogen-bond donors (Lipinski definition) is 0. The van der Waals surface area contributed by atoms with Crippen LogP contribution >= 0.6 is 0 Å². The van der Waals surface area contributed by atoms with Gasteiger partial charge < -0.3 is 4.52 Å². The Labute approximate surface area is 120 Å². The highest BCUT2D eigenvalue weighted by molar-refractivity contribution is 5.85. The molecule has 0 bridgehead atoms. The molecule has 0 aliphatic carbocycles. The van der Waals surface area contributed by atoms with Crippen molar-refractivity contribution in [2.24, 2.45) is 0 Å². The summed E-state index contributed by atoms with van der Waals surface area (Å²) in [7, 11) is 0. The molecule has 0 N–H and O–H groups in total. The maximum atomic E-state index is 5.38. The first-order valence-electron chi connectivity index (χ1n) is 6.66. The molecule has 5 nitrogen and oxygen atoms in total. The molecule has 0 radical (unpaired) electrons. The van der Waals surface area contributed by atoms with Gasteiger partial charge in [0, 0.05) is 5.39 Å². The minimum Gasteiger partial charge on any atom is -0.356 e. The van der Waals surface area contributed by atoms with Crippen molar-refractivity contribution in [1.82, 2.24) is 19.9 Å². The Morgan fingerprint density at radius 3 is 2.71 bits per heavy atom. The van der Waals surface area contributed by atoms with Crippen molar-refractivity contribution < 1.29 is 4.52 Å². The van der Waals surface area contributed by atoms with Gasteiger partial charge in [0.2, 0.25) is 0 Å². The standard InChI is InChI=1S/C16H12N4O/c1-2-4-12(5-3-1)13-6-7-16-14(8-13)15(19-21-16)9-20-11-17-10-18-20/h1-8,10-11H,9H2. The molecule has 0 spiro atoms. The van der Waals surface area contributed by atoms with Crippen LogP contribution in [0.5, 0.6) is 0 Å². The first-order chi connectivity index (χ1) is 10.4. The number of fused-ring (bicyclic) bond motifs is 1. The molecule has 2 aromatic heterocycles. The fourth-order valence-electron chi connectivity index (χ4n) is 2.38. The summed E-state index contributed by atoms with van der Waals surface area (Å²) in [6.07, 6.45) is 3.18. The van der Waals surface area contributed by atoms with E-state index in [1.807, 2.05) is 30.3 Å². The predicted octanol–water partition coefficient (Wildman–Crippen LogP) is 3.13. The Balaban J connectivity index is 1.79. The average Bonchev–Trinajstić information content (AvgIpc) is 3.19. The maximum Gasteiger partial charge on any atom is 0.167 e. The van der Waals surface area contributed by atoms with Gasteiger partial charge in [0.05, 0.1) is 6.54 Å². The van der Waals surface area contributed by atoms with Crippen molar-refractivity contribution in [3.05, 3.63) is 66.9 Å². The number of nitrogens with zero attached hydrogens (tertiary/aromatic N) is 4. The highest BCUT2D eigenvalue weighted by Crippen LogP contribution is 2.26. The van der Waals surface area contributed by atoms with Crippen LogP contribution in [0.25, 0.3) is 22.1 Å². The van der Waals surface area contributed by atoms with Gasteiger partial charge in [-0.1, -0.05) is 41.6 Å². The van der Waals surface area contributed by atoms with Crippen molar-refractivity contribution in [1.29, 1.82) is 0 Å². The molecule has 5 heteroatoms. The van der Waals surface area contributed by atoms with E-state index >= 15 is 0 Å². The normalized spacial score (nSPS) is 11.0. The zero-order chi connectivity index (χ0) is 14.1. The van der Waals surface area contributed by atoms with Crippen LogP contribution in [0.1, 0.15) is 5.69 Å². The molecule has 4 aromatic rings. The van der Waals surface area contributed by atoms with Crippen LogP contribution in [0.2, 0.25) is 0 Å². The molecule has 4 rings (SSSR count). The molecular formula is C16H12N4O. The van der Waals surface area contributed by atoms with Crippen molar-refractivity contribution in [3.63, 3.8) is 0 Å².